The molecule has 0 spiro atoms. The molecule has 2 N–H and O–H groups in total. The van der Waals surface area contributed by atoms with E-state index in [1.54, 1.807) is 6.07 Å². The molecule has 2 unspecified atom stereocenters. The molecule has 0 heterocycles. The van der Waals surface area contributed by atoms with Crippen LogP contribution in [0, 0.1) is 0 Å². The molecule has 17 heavy (non-hydrogen) atoms. The molecule has 1 aromatic carbocycles. The molecular formula is C13H17Cl2NO. The summed E-state index contributed by atoms with van der Waals surface area (Å²) in [5, 5.41) is 14.2. The Morgan fingerprint density at radius 3 is 2.88 bits per heavy atom. The van der Waals surface area contributed by atoms with E-state index < -0.39 is 0 Å². The molecule has 0 bridgehead atoms. The van der Waals surface area contributed by atoms with E-state index in [2.05, 4.69) is 5.32 Å². The Balaban J connectivity index is 1.91. The minimum absolute atomic E-state index is 0.156. The van der Waals surface area contributed by atoms with Crippen molar-refractivity contribution >= 4 is 23.2 Å². The van der Waals surface area contributed by atoms with E-state index in [0.717, 1.165) is 31.2 Å². The van der Waals surface area contributed by atoms with Crippen molar-refractivity contribution in [1.29, 1.82) is 0 Å². The molecule has 0 aliphatic heterocycles. The van der Waals surface area contributed by atoms with Crippen LogP contribution in [-0.2, 0) is 6.54 Å². The van der Waals surface area contributed by atoms with Crippen LogP contribution in [0.25, 0.3) is 0 Å². The molecule has 0 radical (unpaired) electrons. The summed E-state index contributed by atoms with van der Waals surface area (Å²) in [6.45, 7) is 0.705. The van der Waals surface area contributed by atoms with Crippen molar-refractivity contribution in [3.63, 3.8) is 0 Å². The third-order valence-corrected chi connectivity index (χ3v) is 4.12. The van der Waals surface area contributed by atoms with E-state index in [1.165, 1.54) is 0 Å². The highest BCUT2D eigenvalue weighted by atomic mass is 35.5. The van der Waals surface area contributed by atoms with E-state index in [1.807, 2.05) is 12.1 Å². The second-order valence-electron chi connectivity index (χ2n) is 4.61. The number of hydrogen-bond acceptors (Lipinski definition) is 2. The van der Waals surface area contributed by atoms with E-state index in [9.17, 15) is 5.11 Å². The standard InChI is InChI=1S/C13H17Cl2NO/c14-12-6-1-3-9(13(12)15)8-16-10-4-2-5-11(17)7-10/h1,3,6,10-11,16-17H,2,4-5,7-8H2. The molecule has 2 nitrogen and oxygen atoms in total. The Morgan fingerprint density at radius 2 is 2.12 bits per heavy atom. The fraction of sp³-hybridized carbons (Fsp3) is 0.538. The lowest BCUT2D eigenvalue weighted by Gasteiger charge is -2.27. The summed E-state index contributed by atoms with van der Waals surface area (Å²) in [5.74, 6) is 0. The molecule has 94 valence electrons. The van der Waals surface area contributed by atoms with Crippen LogP contribution in [0.5, 0.6) is 0 Å². The van der Waals surface area contributed by atoms with E-state index in [4.69, 9.17) is 23.2 Å². The van der Waals surface area contributed by atoms with Gasteiger partial charge in [-0.2, -0.15) is 0 Å². The normalized spacial score (nSPS) is 24.9. The number of nitrogens with one attached hydrogen (secondary N) is 1. The van der Waals surface area contributed by atoms with Gasteiger partial charge in [0.15, 0.2) is 0 Å². The first-order valence-electron chi connectivity index (χ1n) is 6.01. The van der Waals surface area contributed by atoms with Crippen LogP contribution in [0.4, 0.5) is 0 Å². The molecule has 1 aromatic rings. The third-order valence-electron chi connectivity index (χ3n) is 3.26. The van der Waals surface area contributed by atoms with Gasteiger partial charge in [-0.25, -0.2) is 0 Å². The third kappa shape index (κ3) is 3.59. The lowest BCUT2D eigenvalue weighted by Crippen LogP contribution is -2.35. The topological polar surface area (TPSA) is 32.3 Å². The highest BCUT2D eigenvalue weighted by molar-refractivity contribution is 6.42. The van der Waals surface area contributed by atoms with Crippen LogP contribution in [-0.4, -0.2) is 17.3 Å². The molecule has 0 aromatic heterocycles. The molecule has 1 aliphatic rings. The number of aliphatic hydroxyl groups is 1. The van der Waals surface area contributed by atoms with E-state index in [0.29, 0.717) is 22.6 Å². The first kappa shape index (κ1) is 13.2. The minimum Gasteiger partial charge on any atom is -0.393 e. The highest BCUT2D eigenvalue weighted by Gasteiger charge is 2.19. The SMILES string of the molecule is OC1CCCC(NCc2cccc(Cl)c2Cl)C1. The maximum absolute atomic E-state index is 9.59. The van der Waals surface area contributed by atoms with E-state index >= 15 is 0 Å². The fourth-order valence-corrected chi connectivity index (χ4v) is 2.68. The van der Waals surface area contributed by atoms with Gasteiger partial charge in [-0.05, 0) is 37.3 Å². The molecule has 0 amide bonds. The van der Waals surface area contributed by atoms with Crippen molar-refractivity contribution in [1.82, 2.24) is 5.32 Å². The van der Waals surface area contributed by atoms with Crippen molar-refractivity contribution in [2.45, 2.75) is 44.4 Å². The molecule has 1 saturated carbocycles. The minimum atomic E-state index is -0.156. The van der Waals surface area contributed by atoms with Gasteiger partial charge in [0.05, 0.1) is 16.1 Å². The summed E-state index contributed by atoms with van der Waals surface area (Å²) in [5.41, 5.74) is 1.01. The van der Waals surface area contributed by atoms with Crippen molar-refractivity contribution in [2.75, 3.05) is 0 Å². The van der Waals surface area contributed by atoms with Crippen LogP contribution in [0.2, 0.25) is 10.0 Å². The van der Waals surface area contributed by atoms with Crippen molar-refractivity contribution in [2.24, 2.45) is 0 Å². The fourth-order valence-electron chi connectivity index (χ4n) is 2.29. The molecule has 1 aliphatic carbocycles. The zero-order chi connectivity index (χ0) is 12.3. The summed E-state index contributed by atoms with van der Waals surface area (Å²) in [6.07, 6.45) is 3.81. The first-order valence-corrected chi connectivity index (χ1v) is 6.76. The quantitative estimate of drug-likeness (QED) is 0.885. The van der Waals surface area contributed by atoms with Gasteiger partial charge in [0, 0.05) is 12.6 Å². The summed E-state index contributed by atoms with van der Waals surface area (Å²) in [7, 11) is 0. The number of hydrogen-bond donors (Lipinski definition) is 2. The second kappa shape index (κ2) is 6.05. The lowest BCUT2D eigenvalue weighted by atomic mass is 9.93. The number of aliphatic hydroxyl groups excluding tert-OH is 1. The van der Waals surface area contributed by atoms with E-state index in [-0.39, 0.29) is 6.10 Å². The van der Waals surface area contributed by atoms with Gasteiger partial charge >= 0.3 is 0 Å². The number of rotatable bonds is 3. The van der Waals surface area contributed by atoms with Gasteiger partial charge in [0.2, 0.25) is 0 Å². The largest absolute Gasteiger partial charge is 0.393 e. The zero-order valence-electron chi connectivity index (χ0n) is 9.63. The lowest BCUT2D eigenvalue weighted by molar-refractivity contribution is 0.111. The van der Waals surface area contributed by atoms with Crippen LogP contribution < -0.4 is 5.32 Å². The first-order chi connectivity index (χ1) is 8.16. The van der Waals surface area contributed by atoms with Gasteiger partial charge in [0.1, 0.15) is 0 Å². The summed E-state index contributed by atoms with van der Waals surface area (Å²) < 4.78 is 0. The molecule has 2 rings (SSSR count). The van der Waals surface area contributed by atoms with Crippen molar-refractivity contribution in [3.05, 3.63) is 33.8 Å². The summed E-state index contributed by atoms with van der Waals surface area (Å²) in [4.78, 5) is 0. The zero-order valence-corrected chi connectivity index (χ0v) is 11.1. The predicted octanol–water partition coefficient (Wildman–Crippen LogP) is 3.39. The van der Waals surface area contributed by atoms with Gasteiger partial charge in [-0.1, -0.05) is 35.3 Å². The Hall–Kier alpha value is -0.280. The smallest absolute Gasteiger partial charge is 0.0637 e. The molecule has 4 heteroatoms. The summed E-state index contributed by atoms with van der Waals surface area (Å²) >= 11 is 12.1. The van der Waals surface area contributed by atoms with Crippen LogP contribution in [0.1, 0.15) is 31.2 Å². The van der Waals surface area contributed by atoms with Crippen molar-refractivity contribution in [3.8, 4) is 0 Å². The molecule has 1 fully saturated rings. The Labute approximate surface area is 112 Å². The van der Waals surface area contributed by atoms with Crippen LogP contribution in [0.15, 0.2) is 18.2 Å². The predicted molar refractivity (Wildman–Crippen MR) is 71.6 cm³/mol. The summed E-state index contributed by atoms with van der Waals surface area (Å²) in [6, 6.07) is 6.05. The van der Waals surface area contributed by atoms with Crippen molar-refractivity contribution < 1.29 is 5.11 Å². The monoisotopic (exact) mass is 273 g/mol. The number of halogens is 2. The molecular weight excluding hydrogens is 257 g/mol. The Bertz CT molecular complexity index is 384. The van der Waals surface area contributed by atoms with Gasteiger partial charge in [0.25, 0.3) is 0 Å². The second-order valence-corrected chi connectivity index (χ2v) is 5.40. The van der Waals surface area contributed by atoms with Gasteiger partial charge in [-0.15, -0.1) is 0 Å². The maximum atomic E-state index is 9.59. The van der Waals surface area contributed by atoms with Crippen LogP contribution >= 0.6 is 23.2 Å². The Kier molecular flexibility index (Phi) is 4.69. The number of benzene rings is 1. The average molecular weight is 274 g/mol. The Morgan fingerprint density at radius 1 is 1.29 bits per heavy atom. The van der Waals surface area contributed by atoms with Crippen LogP contribution in [0.3, 0.4) is 0 Å². The van der Waals surface area contributed by atoms with Gasteiger partial charge < -0.3 is 10.4 Å². The maximum Gasteiger partial charge on any atom is 0.0637 e. The van der Waals surface area contributed by atoms with Gasteiger partial charge in [-0.3, -0.25) is 0 Å². The molecule has 2 atom stereocenters. The molecule has 0 saturated heterocycles. The highest BCUT2D eigenvalue weighted by Crippen LogP contribution is 2.26. The average Bonchev–Trinajstić information content (AvgIpc) is 2.31.